The number of halogens is 4. The first-order chi connectivity index (χ1) is 5.00. The van der Waals surface area contributed by atoms with E-state index in [0.29, 0.717) is 5.02 Å². The molecular weight excluding hydrogens is 209 g/mol. The first-order valence-corrected chi connectivity index (χ1v) is 3.96. The van der Waals surface area contributed by atoms with Crippen LogP contribution in [0.5, 0.6) is 0 Å². The van der Waals surface area contributed by atoms with E-state index >= 15 is 0 Å². The monoisotopic (exact) mass is 212 g/mol. The molecule has 0 aliphatic rings. The van der Waals surface area contributed by atoms with Gasteiger partial charge in [-0.05, 0) is 12.1 Å². The first kappa shape index (κ1) is 9.11. The number of alkyl halides is 3. The lowest BCUT2D eigenvalue weighted by atomic mass is 10.2. The molecule has 0 unspecified atom stereocenters. The van der Waals surface area contributed by atoms with E-state index in [9.17, 15) is 4.39 Å². The summed E-state index contributed by atoms with van der Waals surface area (Å²) in [5.41, 5.74) is 0.185. The van der Waals surface area contributed by atoms with Crippen molar-refractivity contribution in [3.8, 4) is 0 Å². The zero-order chi connectivity index (χ0) is 8.48. The molecule has 0 spiro atoms. The first-order valence-electron chi connectivity index (χ1n) is 2.83. The van der Waals surface area contributed by atoms with Crippen LogP contribution >= 0.6 is 34.8 Å². The Morgan fingerprint density at radius 2 is 1.55 bits per heavy atom. The van der Waals surface area contributed by atoms with Crippen LogP contribution in [0, 0.1) is 0 Å². The van der Waals surface area contributed by atoms with Crippen molar-refractivity contribution in [3.63, 3.8) is 0 Å². The number of benzene rings is 1. The normalized spacial score (nSPS) is 11.6. The van der Waals surface area contributed by atoms with Crippen LogP contribution in [-0.4, -0.2) is 0 Å². The third kappa shape index (κ3) is 2.51. The Morgan fingerprint density at radius 1 is 1.09 bits per heavy atom. The van der Waals surface area contributed by atoms with E-state index in [0.717, 1.165) is 0 Å². The van der Waals surface area contributed by atoms with Crippen molar-refractivity contribution in [1.29, 1.82) is 0 Å². The number of rotatable bonds is 1. The van der Waals surface area contributed by atoms with Gasteiger partial charge in [0, 0.05) is 10.6 Å². The zero-order valence-corrected chi connectivity index (χ0v) is 7.59. The lowest BCUT2D eigenvalue weighted by molar-refractivity contribution is 0.405. The van der Waals surface area contributed by atoms with Crippen molar-refractivity contribution in [1.82, 2.24) is 0 Å². The quantitative estimate of drug-likeness (QED) is 0.621. The number of hydrogen-bond donors (Lipinski definition) is 0. The minimum Gasteiger partial charge on any atom is -0.203 e. The van der Waals surface area contributed by atoms with Crippen LogP contribution < -0.4 is 0 Å². The summed E-state index contributed by atoms with van der Waals surface area (Å²) in [7, 11) is 0. The van der Waals surface area contributed by atoms with Gasteiger partial charge in [0.15, 0.2) is 0 Å². The second kappa shape index (κ2) is 3.18. The summed E-state index contributed by atoms with van der Waals surface area (Å²) in [6.07, 6.45) is 0. The van der Waals surface area contributed by atoms with Crippen molar-refractivity contribution >= 4 is 34.8 Å². The predicted octanol–water partition coefficient (Wildman–Crippen LogP) is 3.90. The molecule has 0 bridgehead atoms. The summed E-state index contributed by atoms with van der Waals surface area (Å²) in [4.78, 5) is 0. The van der Waals surface area contributed by atoms with E-state index in [2.05, 4.69) is 0 Å². The summed E-state index contributed by atoms with van der Waals surface area (Å²) in [5, 5.41) is 0.520. The van der Waals surface area contributed by atoms with Gasteiger partial charge in [0.05, 0.1) is 0 Å². The van der Waals surface area contributed by atoms with Crippen LogP contribution in [0.1, 0.15) is 5.56 Å². The Labute approximate surface area is 78.9 Å². The second-order valence-corrected chi connectivity index (χ2v) is 3.68. The van der Waals surface area contributed by atoms with E-state index < -0.39 is 4.59 Å². The maximum absolute atomic E-state index is 12.7. The van der Waals surface area contributed by atoms with E-state index in [1.807, 2.05) is 0 Å². The molecule has 1 aromatic carbocycles. The highest BCUT2D eigenvalue weighted by atomic mass is 35.5. The van der Waals surface area contributed by atoms with E-state index in [-0.39, 0.29) is 5.56 Å². The minimum atomic E-state index is -2.33. The molecule has 60 valence electrons. The molecule has 0 nitrogen and oxygen atoms in total. The van der Waals surface area contributed by atoms with Gasteiger partial charge >= 0.3 is 0 Å². The molecule has 0 amide bonds. The average molecular weight is 213 g/mol. The fourth-order valence-electron chi connectivity index (χ4n) is 0.639. The van der Waals surface area contributed by atoms with Crippen molar-refractivity contribution in [2.24, 2.45) is 0 Å². The van der Waals surface area contributed by atoms with E-state index in [1.54, 1.807) is 0 Å². The van der Waals surface area contributed by atoms with Gasteiger partial charge in [-0.15, -0.1) is 0 Å². The molecule has 0 atom stereocenters. The summed E-state index contributed by atoms with van der Waals surface area (Å²) in [6, 6.07) is 5.91. The van der Waals surface area contributed by atoms with Crippen molar-refractivity contribution < 1.29 is 4.39 Å². The lowest BCUT2D eigenvalue weighted by Crippen LogP contribution is -2.00. The largest absolute Gasteiger partial charge is 0.283 e. The van der Waals surface area contributed by atoms with E-state index in [1.165, 1.54) is 24.3 Å². The third-order valence-electron chi connectivity index (χ3n) is 1.17. The molecule has 1 aromatic rings. The van der Waals surface area contributed by atoms with Gasteiger partial charge in [0.25, 0.3) is 4.59 Å². The van der Waals surface area contributed by atoms with Gasteiger partial charge in [-0.25, -0.2) is 4.39 Å². The van der Waals surface area contributed by atoms with Crippen LogP contribution in [0.15, 0.2) is 24.3 Å². The minimum absolute atomic E-state index is 0.185. The van der Waals surface area contributed by atoms with Crippen LogP contribution in [0.2, 0.25) is 5.02 Å². The molecule has 4 heteroatoms. The van der Waals surface area contributed by atoms with Crippen LogP contribution in [0.25, 0.3) is 0 Å². The van der Waals surface area contributed by atoms with Crippen molar-refractivity contribution in [2.75, 3.05) is 0 Å². The average Bonchev–Trinajstić information content (AvgIpc) is 1.86. The SMILES string of the molecule is FC(Cl)(Cl)c1ccc(Cl)cc1. The van der Waals surface area contributed by atoms with Gasteiger partial charge < -0.3 is 0 Å². The Bertz CT molecular complexity index is 237. The fourth-order valence-corrected chi connectivity index (χ4v) is 1.02. The standard InChI is InChI=1S/C7H4Cl3F/c8-6-3-1-5(2-4-6)7(9,10)11/h1-4H. The Hall–Kier alpha value is 0.0200. The van der Waals surface area contributed by atoms with Crippen molar-refractivity contribution in [2.45, 2.75) is 4.59 Å². The highest BCUT2D eigenvalue weighted by Gasteiger charge is 2.24. The molecule has 1 rings (SSSR count). The third-order valence-corrected chi connectivity index (χ3v) is 1.86. The Balaban J connectivity index is 2.99. The Morgan fingerprint density at radius 3 is 1.91 bits per heavy atom. The molecule has 0 heterocycles. The van der Waals surface area contributed by atoms with Gasteiger partial charge in [-0.3, -0.25) is 0 Å². The molecule has 0 saturated heterocycles. The maximum atomic E-state index is 12.7. The van der Waals surface area contributed by atoms with Gasteiger partial charge in [0.2, 0.25) is 0 Å². The molecular formula is C7H4Cl3F. The van der Waals surface area contributed by atoms with Crippen molar-refractivity contribution in [3.05, 3.63) is 34.9 Å². The van der Waals surface area contributed by atoms with Crippen LogP contribution in [0.4, 0.5) is 4.39 Å². The van der Waals surface area contributed by atoms with Crippen LogP contribution in [0.3, 0.4) is 0 Å². The predicted molar refractivity (Wildman–Crippen MR) is 45.9 cm³/mol. The van der Waals surface area contributed by atoms with Gasteiger partial charge in [-0.1, -0.05) is 46.9 Å². The summed E-state index contributed by atoms with van der Waals surface area (Å²) >= 11 is 15.9. The number of hydrogen-bond acceptors (Lipinski definition) is 0. The summed E-state index contributed by atoms with van der Waals surface area (Å²) < 4.78 is 10.4. The van der Waals surface area contributed by atoms with Crippen LogP contribution in [-0.2, 0) is 4.59 Å². The lowest BCUT2D eigenvalue weighted by Gasteiger charge is -2.08. The maximum Gasteiger partial charge on any atom is 0.283 e. The summed E-state index contributed by atoms with van der Waals surface area (Å²) in [5.74, 6) is 0. The Kier molecular flexibility index (Phi) is 2.63. The molecule has 0 fully saturated rings. The topological polar surface area (TPSA) is 0 Å². The smallest absolute Gasteiger partial charge is 0.203 e. The molecule has 0 aliphatic heterocycles. The molecule has 0 aromatic heterocycles. The highest BCUT2D eigenvalue weighted by molar-refractivity contribution is 6.46. The van der Waals surface area contributed by atoms with E-state index in [4.69, 9.17) is 34.8 Å². The molecule has 0 N–H and O–H groups in total. The van der Waals surface area contributed by atoms with Gasteiger partial charge in [0.1, 0.15) is 0 Å². The molecule has 0 saturated carbocycles. The summed E-state index contributed by atoms with van der Waals surface area (Å²) in [6.45, 7) is 0. The molecule has 11 heavy (non-hydrogen) atoms. The second-order valence-electron chi connectivity index (χ2n) is 2.00. The zero-order valence-electron chi connectivity index (χ0n) is 5.32. The van der Waals surface area contributed by atoms with Gasteiger partial charge in [-0.2, -0.15) is 0 Å². The molecule has 0 radical (unpaired) electrons. The highest BCUT2D eigenvalue weighted by Crippen LogP contribution is 2.35. The molecule has 0 aliphatic carbocycles. The fraction of sp³-hybridized carbons (Fsp3) is 0.143.